The number of H-pyrrole nitrogens is 1. The molecule has 3 heterocycles. The molecule has 0 saturated carbocycles. The third kappa shape index (κ3) is 3.33. The molecule has 4 rings (SSSR count). The summed E-state index contributed by atoms with van der Waals surface area (Å²) in [4.78, 5) is 16.2. The fourth-order valence-electron chi connectivity index (χ4n) is 3.16. The minimum Gasteiger partial charge on any atom is -0.490 e. The number of aromatic nitrogens is 4. The summed E-state index contributed by atoms with van der Waals surface area (Å²) < 4.78 is 11.9. The van der Waals surface area contributed by atoms with Gasteiger partial charge < -0.3 is 14.5 Å². The van der Waals surface area contributed by atoms with E-state index in [0.717, 1.165) is 47.1 Å². The molecule has 0 spiro atoms. The van der Waals surface area contributed by atoms with Crippen LogP contribution in [0, 0.1) is 6.92 Å². The summed E-state index contributed by atoms with van der Waals surface area (Å²) in [5, 5.41) is 0. The number of fused-ring (bicyclic) bond motifs is 1. The minimum atomic E-state index is 0.0495. The lowest BCUT2D eigenvalue weighted by atomic mass is 9.90. The van der Waals surface area contributed by atoms with Crippen molar-refractivity contribution in [3.05, 3.63) is 65.8 Å². The summed E-state index contributed by atoms with van der Waals surface area (Å²) >= 11 is 0. The number of para-hydroxylation sites is 1. The maximum Gasteiger partial charge on any atom is 0.165 e. The molecule has 1 aromatic carbocycles. The Bertz CT molecular complexity index is 848. The summed E-state index contributed by atoms with van der Waals surface area (Å²) in [6.45, 7) is 3.24. The fourth-order valence-corrected chi connectivity index (χ4v) is 3.16. The highest BCUT2D eigenvalue weighted by Crippen LogP contribution is 2.40. The lowest BCUT2D eigenvalue weighted by molar-refractivity contribution is 0.295. The number of hydrogen-bond donors (Lipinski definition) is 1. The Morgan fingerprint density at radius 3 is 2.96 bits per heavy atom. The topological polar surface area (TPSA) is 72.9 Å². The second kappa shape index (κ2) is 6.93. The number of nitrogens with zero attached hydrogens (tertiary/aromatic N) is 3. The van der Waals surface area contributed by atoms with Gasteiger partial charge >= 0.3 is 0 Å². The molecule has 0 unspecified atom stereocenters. The van der Waals surface area contributed by atoms with Gasteiger partial charge in [0.05, 0.1) is 19.5 Å². The van der Waals surface area contributed by atoms with Crippen LogP contribution in [-0.4, -0.2) is 33.1 Å². The molecule has 1 aliphatic rings. The van der Waals surface area contributed by atoms with E-state index < -0.39 is 0 Å². The second-order valence-electron chi connectivity index (χ2n) is 6.08. The summed E-state index contributed by atoms with van der Waals surface area (Å²) in [6.07, 6.45) is 6.97. The van der Waals surface area contributed by atoms with Crippen molar-refractivity contribution >= 4 is 0 Å². The molecule has 6 heteroatoms. The first-order valence-electron chi connectivity index (χ1n) is 8.46. The van der Waals surface area contributed by atoms with Crippen LogP contribution in [0.1, 0.15) is 35.1 Å². The molecular weight excluding hydrogens is 316 g/mol. The van der Waals surface area contributed by atoms with Gasteiger partial charge in [0.15, 0.2) is 11.5 Å². The van der Waals surface area contributed by atoms with E-state index in [-0.39, 0.29) is 5.92 Å². The zero-order valence-corrected chi connectivity index (χ0v) is 14.1. The van der Waals surface area contributed by atoms with Gasteiger partial charge in [-0.15, -0.1) is 0 Å². The molecule has 1 atom stereocenters. The van der Waals surface area contributed by atoms with Crippen LogP contribution in [-0.2, 0) is 6.42 Å². The van der Waals surface area contributed by atoms with Crippen molar-refractivity contribution in [3.8, 4) is 11.5 Å². The Labute approximate surface area is 146 Å². The molecule has 0 radical (unpaired) electrons. The van der Waals surface area contributed by atoms with Crippen molar-refractivity contribution in [2.24, 2.45) is 0 Å². The zero-order chi connectivity index (χ0) is 17.1. The average Bonchev–Trinajstić information content (AvgIpc) is 3.04. The number of hydrogen-bond acceptors (Lipinski definition) is 5. The van der Waals surface area contributed by atoms with Crippen LogP contribution >= 0.6 is 0 Å². The fraction of sp³-hybridized carbons (Fsp3) is 0.316. The number of benzene rings is 1. The standard InChI is InChI=1S/C19H20N4O2/c1-13-21-7-6-14(23-13)10-16(17-11-20-12-22-17)15-4-2-5-18-19(15)25-9-3-8-24-18/h2,4-7,11-12,16H,3,8-10H2,1H3,(H,20,22)/t16-/m0/s1. The van der Waals surface area contributed by atoms with Crippen LogP contribution in [0.25, 0.3) is 0 Å². The Balaban J connectivity index is 1.77. The van der Waals surface area contributed by atoms with Crippen LogP contribution in [0.5, 0.6) is 11.5 Å². The third-order valence-electron chi connectivity index (χ3n) is 4.32. The van der Waals surface area contributed by atoms with Gasteiger partial charge in [0, 0.05) is 48.1 Å². The highest BCUT2D eigenvalue weighted by Gasteiger charge is 2.24. The number of imidazole rings is 1. The Kier molecular flexibility index (Phi) is 4.33. The molecule has 1 aliphatic heterocycles. The van der Waals surface area contributed by atoms with Crippen LogP contribution in [0.4, 0.5) is 0 Å². The van der Waals surface area contributed by atoms with E-state index >= 15 is 0 Å². The lowest BCUT2D eigenvalue weighted by Crippen LogP contribution is -2.10. The predicted octanol–water partition coefficient (Wildman–Crippen LogP) is 3.04. The van der Waals surface area contributed by atoms with Crippen LogP contribution < -0.4 is 9.47 Å². The molecule has 6 nitrogen and oxygen atoms in total. The number of nitrogens with one attached hydrogen (secondary N) is 1. The molecule has 3 aromatic rings. The van der Waals surface area contributed by atoms with E-state index in [4.69, 9.17) is 9.47 Å². The van der Waals surface area contributed by atoms with Gasteiger partial charge in [-0.05, 0) is 19.1 Å². The summed E-state index contributed by atoms with van der Waals surface area (Å²) in [6, 6.07) is 8.02. The molecule has 0 saturated heterocycles. The van der Waals surface area contributed by atoms with Crippen molar-refractivity contribution < 1.29 is 9.47 Å². The molecule has 25 heavy (non-hydrogen) atoms. The Hall–Kier alpha value is -2.89. The molecule has 0 amide bonds. The number of rotatable bonds is 4. The largest absolute Gasteiger partial charge is 0.490 e. The van der Waals surface area contributed by atoms with Gasteiger partial charge in [-0.1, -0.05) is 12.1 Å². The van der Waals surface area contributed by atoms with Crippen molar-refractivity contribution in [3.63, 3.8) is 0 Å². The summed E-state index contributed by atoms with van der Waals surface area (Å²) in [7, 11) is 0. The van der Waals surface area contributed by atoms with Crippen LogP contribution in [0.2, 0.25) is 0 Å². The smallest absolute Gasteiger partial charge is 0.165 e. The molecule has 0 bridgehead atoms. The van der Waals surface area contributed by atoms with Crippen LogP contribution in [0.15, 0.2) is 43.0 Å². The monoisotopic (exact) mass is 336 g/mol. The first-order valence-corrected chi connectivity index (χ1v) is 8.46. The SMILES string of the molecule is Cc1nccc(C[C@H](c2cnc[nH]2)c2cccc3c2OCCCO3)n1. The average molecular weight is 336 g/mol. The first kappa shape index (κ1) is 15.6. The van der Waals surface area contributed by atoms with E-state index in [1.807, 2.05) is 31.3 Å². The van der Waals surface area contributed by atoms with Gasteiger partial charge in [-0.3, -0.25) is 0 Å². The van der Waals surface area contributed by atoms with Crippen LogP contribution in [0.3, 0.4) is 0 Å². The van der Waals surface area contributed by atoms with Crippen molar-refractivity contribution in [2.75, 3.05) is 13.2 Å². The molecule has 0 fully saturated rings. The maximum absolute atomic E-state index is 6.03. The van der Waals surface area contributed by atoms with E-state index in [1.165, 1.54) is 0 Å². The highest BCUT2D eigenvalue weighted by molar-refractivity contribution is 5.51. The molecule has 1 N–H and O–H groups in total. The van der Waals surface area contributed by atoms with Crippen molar-refractivity contribution in [2.45, 2.75) is 25.7 Å². The quantitative estimate of drug-likeness (QED) is 0.793. The van der Waals surface area contributed by atoms with Gasteiger partial charge in [-0.2, -0.15) is 0 Å². The molecule has 0 aliphatic carbocycles. The summed E-state index contributed by atoms with van der Waals surface area (Å²) in [5.74, 6) is 2.45. The van der Waals surface area contributed by atoms with Gasteiger partial charge in [0.2, 0.25) is 0 Å². The summed E-state index contributed by atoms with van der Waals surface area (Å²) in [5.41, 5.74) is 3.09. The number of aryl methyl sites for hydroxylation is 1. The normalized spacial score (nSPS) is 14.8. The number of aromatic amines is 1. The lowest BCUT2D eigenvalue weighted by Gasteiger charge is -2.20. The Morgan fingerprint density at radius 1 is 1.20 bits per heavy atom. The maximum atomic E-state index is 6.03. The molecule has 2 aromatic heterocycles. The second-order valence-corrected chi connectivity index (χ2v) is 6.08. The van der Waals surface area contributed by atoms with Gasteiger partial charge in [-0.25, -0.2) is 15.0 Å². The van der Waals surface area contributed by atoms with E-state index in [0.29, 0.717) is 13.2 Å². The molecular formula is C19H20N4O2. The number of ether oxygens (including phenoxy) is 2. The first-order chi connectivity index (χ1) is 12.3. The van der Waals surface area contributed by atoms with Gasteiger partial charge in [0.25, 0.3) is 0 Å². The molecule has 128 valence electrons. The van der Waals surface area contributed by atoms with Crippen molar-refractivity contribution in [1.82, 2.24) is 19.9 Å². The van der Waals surface area contributed by atoms with Crippen molar-refractivity contribution in [1.29, 1.82) is 0 Å². The van der Waals surface area contributed by atoms with E-state index in [9.17, 15) is 0 Å². The zero-order valence-electron chi connectivity index (χ0n) is 14.1. The predicted molar refractivity (Wildman–Crippen MR) is 93.0 cm³/mol. The Morgan fingerprint density at radius 2 is 2.12 bits per heavy atom. The van der Waals surface area contributed by atoms with E-state index in [2.05, 4.69) is 26.0 Å². The van der Waals surface area contributed by atoms with E-state index in [1.54, 1.807) is 12.5 Å². The third-order valence-corrected chi connectivity index (χ3v) is 4.32. The minimum absolute atomic E-state index is 0.0495. The highest BCUT2D eigenvalue weighted by atomic mass is 16.5. The van der Waals surface area contributed by atoms with Gasteiger partial charge in [0.1, 0.15) is 5.82 Å².